The van der Waals surface area contributed by atoms with Gasteiger partial charge in [-0.05, 0) is 59.8 Å². The van der Waals surface area contributed by atoms with Gasteiger partial charge in [0.05, 0.1) is 22.8 Å². The number of hydrogen-bond acceptors (Lipinski definition) is 2. The fourth-order valence-corrected chi connectivity index (χ4v) is 3.43. The first-order chi connectivity index (χ1) is 8.90. The zero-order valence-electron chi connectivity index (χ0n) is 11.4. The number of ether oxygens (including phenoxy) is 1. The van der Waals surface area contributed by atoms with Gasteiger partial charge in [-0.15, -0.1) is 0 Å². The highest BCUT2D eigenvalue weighted by atomic mass is 79.9. The number of benzene rings is 1. The Kier molecular flexibility index (Phi) is 4.64. The van der Waals surface area contributed by atoms with Gasteiger partial charge in [0.15, 0.2) is 0 Å². The molecular weight excluding hydrogens is 311 g/mol. The highest BCUT2D eigenvalue weighted by Crippen LogP contribution is 2.35. The van der Waals surface area contributed by atoms with E-state index in [1.807, 2.05) is 13.8 Å². The molecule has 1 heterocycles. The number of aliphatic hydroxyl groups is 1. The molecule has 106 valence electrons. The highest BCUT2D eigenvalue weighted by Gasteiger charge is 2.40. The van der Waals surface area contributed by atoms with Gasteiger partial charge in [-0.1, -0.05) is 13.0 Å². The number of hydrogen-bond donors (Lipinski definition) is 1. The second-order valence-electron chi connectivity index (χ2n) is 5.50. The largest absolute Gasteiger partial charge is 0.392 e. The Morgan fingerprint density at radius 3 is 2.53 bits per heavy atom. The first-order valence-corrected chi connectivity index (χ1v) is 7.47. The Bertz CT molecular complexity index is 452. The van der Waals surface area contributed by atoms with Gasteiger partial charge in [-0.2, -0.15) is 0 Å². The smallest absolute Gasteiger partial charge is 0.137 e. The molecule has 0 radical (unpaired) electrons. The molecule has 1 saturated heterocycles. The number of halogens is 2. The average molecular weight is 331 g/mol. The Balaban J connectivity index is 2.08. The minimum absolute atomic E-state index is 0.0592. The third-order valence-corrected chi connectivity index (χ3v) is 4.80. The molecule has 1 aromatic carbocycles. The number of aliphatic hydroxyl groups excluding tert-OH is 1. The first kappa shape index (κ1) is 14.9. The van der Waals surface area contributed by atoms with Crippen molar-refractivity contribution in [3.8, 4) is 0 Å². The van der Waals surface area contributed by atoms with Gasteiger partial charge in [0.1, 0.15) is 5.82 Å². The topological polar surface area (TPSA) is 29.5 Å². The molecule has 1 N–H and O–H groups in total. The lowest BCUT2D eigenvalue weighted by molar-refractivity contribution is 0.0240. The van der Waals surface area contributed by atoms with Crippen molar-refractivity contribution in [2.45, 2.75) is 45.5 Å². The van der Waals surface area contributed by atoms with Gasteiger partial charge in [0.2, 0.25) is 0 Å². The van der Waals surface area contributed by atoms with Crippen LogP contribution in [0.3, 0.4) is 0 Å². The Labute approximate surface area is 122 Å². The van der Waals surface area contributed by atoms with Crippen molar-refractivity contribution >= 4 is 15.9 Å². The van der Waals surface area contributed by atoms with Crippen molar-refractivity contribution in [2.75, 3.05) is 0 Å². The Hall–Kier alpha value is -0.450. The molecule has 1 aliphatic heterocycles. The summed E-state index contributed by atoms with van der Waals surface area (Å²) < 4.78 is 19.4. The molecule has 5 unspecified atom stereocenters. The van der Waals surface area contributed by atoms with Crippen LogP contribution >= 0.6 is 15.9 Å². The highest BCUT2D eigenvalue weighted by molar-refractivity contribution is 9.10. The van der Waals surface area contributed by atoms with E-state index in [0.29, 0.717) is 16.8 Å². The van der Waals surface area contributed by atoms with Crippen LogP contribution in [-0.2, 0) is 11.2 Å². The molecule has 4 heteroatoms. The van der Waals surface area contributed by atoms with Crippen molar-refractivity contribution in [1.29, 1.82) is 0 Å². The van der Waals surface area contributed by atoms with E-state index in [0.717, 1.165) is 5.56 Å². The van der Waals surface area contributed by atoms with E-state index >= 15 is 0 Å². The van der Waals surface area contributed by atoms with E-state index in [-0.39, 0.29) is 23.9 Å². The standard InChI is InChI=1S/C15H20BrFO2/c1-8-9(2)19-10(3)15(8)14(18)7-11-4-5-13(17)12(16)6-11/h4-6,8-10,14-15,18H,7H2,1-3H3. The number of rotatable bonds is 3. The van der Waals surface area contributed by atoms with Crippen molar-refractivity contribution in [3.63, 3.8) is 0 Å². The molecule has 1 aliphatic rings. The molecule has 2 nitrogen and oxygen atoms in total. The lowest BCUT2D eigenvalue weighted by Crippen LogP contribution is -2.32. The van der Waals surface area contributed by atoms with Crippen LogP contribution in [0.4, 0.5) is 4.39 Å². The minimum atomic E-state index is -0.465. The molecule has 19 heavy (non-hydrogen) atoms. The molecule has 5 atom stereocenters. The summed E-state index contributed by atoms with van der Waals surface area (Å²) in [5.41, 5.74) is 0.930. The lowest BCUT2D eigenvalue weighted by atomic mass is 9.83. The Morgan fingerprint density at radius 2 is 2.00 bits per heavy atom. The molecule has 0 saturated carbocycles. The molecule has 0 aliphatic carbocycles. The van der Waals surface area contributed by atoms with E-state index in [4.69, 9.17) is 4.74 Å². The summed E-state index contributed by atoms with van der Waals surface area (Å²) in [5.74, 6) is 0.172. The van der Waals surface area contributed by atoms with Gasteiger partial charge in [0.25, 0.3) is 0 Å². The Morgan fingerprint density at radius 1 is 1.32 bits per heavy atom. The predicted molar refractivity (Wildman–Crippen MR) is 76.5 cm³/mol. The summed E-state index contributed by atoms with van der Waals surface area (Å²) in [6.45, 7) is 6.17. The summed E-state index contributed by atoms with van der Waals surface area (Å²) in [6.07, 6.45) is 0.291. The van der Waals surface area contributed by atoms with Crippen LogP contribution in [-0.4, -0.2) is 23.4 Å². The van der Waals surface area contributed by atoms with Gasteiger partial charge < -0.3 is 9.84 Å². The third-order valence-electron chi connectivity index (χ3n) is 4.19. The summed E-state index contributed by atoms with van der Waals surface area (Å²) in [7, 11) is 0. The van der Waals surface area contributed by atoms with Crippen LogP contribution < -0.4 is 0 Å². The van der Waals surface area contributed by atoms with Gasteiger partial charge in [-0.25, -0.2) is 4.39 Å². The molecule has 0 amide bonds. The molecule has 0 aromatic heterocycles. The van der Waals surface area contributed by atoms with Crippen molar-refractivity contribution < 1.29 is 14.2 Å². The zero-order valence-corrected chi connectivity index (χ0v) is 13.0. The summed E-state index contributed by atoms with van der Waals surface area (Å²) in [6, 6.07) is 4.87. The fourth-order valence-electron chi connectivity index (χ4n) is 3.00. The molecule has 1 aromatic rings. The summed E-state index contributed by atoms with van der Waals surface area (Å²) >= 11 is 3.17. The maximum Gasteiger partial charge on any atom is 0.137 e. The van der Waals surface area contributed by atoms with E-state index < -0.39 is 6.10 Å². The summed E-state index contributed by atoms with van der Waals surface area (Å²) in [4.78, 5) is 0. The minimum Gasteiger partial charge on any atom is -0.392 e. The van der Waals surface area contributed by atoms with Crippen LogP contribution in [0.2, 0.25) is 0 Å². The van der Waals surface area contributed by atoms with Gasteiger partial charge >= 0.3 is 0 Å². The third kappa shape index (κ3) is 3.18. The molecule has 0 bridgehead atoms. The van der Waals surface area contributed by atoms with E-state index in [9.17, 15) is 9.50 Å². The monoisotopic (exact) mass is 330 g/mol. The van der Waals surface area contributed by atoms with Gasteiger partial charge in [0, 0.05) is 5.92 Å². The maximum absolute atomic E-state index is 13.2. The van der Waals surface area contributed by atoms with E-state index in [1.165, 1.54) is 6.07 Å². The molecule has 2 rings (SSSR count). The van der Waals surface area contributed by atoms with Crippen LogP contribution in [0.15, 0.2) is 22.7 Å². The van der Waals surface area contributed by atoms with Crippen LogP contribution in [0.25, 0.3) is 0 Å². The molecular formula is C15H20BrFO2. The fraction of sp³-hybridized carbons (Fsp3) is 0.600. The van der Waals surface area contributed by atoms with E-state index in [2.05, 4.69) is 22.9 Å². The van der Waals surface area contributed by atoms with Crippen LogP contribution in [0, 0.1) is 17.7 Å². The average Bonchev–Trinajstić information content (AvgIpc) is 2.58. The van der Waals surface area contributed by atoms with Crippen LogP contribution in [0.1, 0.15) is 26.3 Å². The van der Waals surface area contributed by atoms with Crippen LogP contribution in [0.5, 0.6) is 0 Å². The van der Waals surface area contributed by atoms with Crippen molar-refractivity contribution in [2.24, 2.45) is 11.8 Å². The normalized spacial score (nSPS) is 32.5. The summed E-state index contributed by atoms with van der Waals surface area (Å²) in [5, 5.41) is 10.4. The van der Waals surface area contributed by atoms with E-state index in [1.54, 1.807) is 12.1 Å². The quantitative estimate of drug-likeness (QED) is 0.918. The second kappa shape index (κ2) is 5.90. The van der Waals surface area contributed by atoms with Gasteiger partial charge in [-0.3, -0.25) is 0 Å². The second-order valence-corrected chi connectivity index (χ2v) is 6.36. The predicted octanol–water partition coefficient (Wildman–Crippen LogP) is 3.55. The first-order valence-electron chi connectivity index (χ1n) is 6.67. The molecule has 1 fully saturated rings. The maximum atomic E-state index is 13.2. The zero-order chi connectivity index (χ0) is 14.2. The SMILES string of the molecule is CC1OC(C)C(C(O)Cc2ccc(F)c(Br)c2)C1C. The molecule has 0 spiro atoms. The van der Waals surface area contributed by atoms with Crippen molar-refractivity contribution in [3.05, 3.63) is 34.1 Å². The van der Waals surface area contributed by atoms with Crippen molar-refractivity contribution in [1.82, 2.24) is 0 Å². The lowest BCUT2D eigenvalue weighted by Gasteiger charge is -2.24.